The third-order valence-corrected chi connectivity index (χ3v) is 3.03. The third kappa shape index (κ3) is 5.60. The molecular weight excluding hydrogens is 238 g/mol. The van der Waals surface area contributed by atoms with Crippen LogP contribution in [0, 0.1) is 0 Å². The third-order valence-electron chi connectivity index (χ3n) is 2.09. The molecule has 0 aliphatic carbocycles. The average Bonchev–Trinajstić information content (AvgIpc) is 2.37. The molecule has 0 saturated heterocycles. The molecule has 94 valence electrons. The van der Waals surface area contributed by atoms with Crippen LogP contribution in [-0.4, -0.2) is 36.2 Å². The number of thioether (sulfide) groups is 1. The van der Waals surface area contributed by atoms with E-state index >= 15 is 0 Å². The molecule has 5 heteroatoms. The first kappa shape index (κ1) is 13.9. The normalized spacial score (nSPS) is 10.0. The predicted molar refractivity (Wildman–Crippen MR) is 69.3 cm³/mol. The van der Waals surface area contributed by atoms with Gasteiger partial charge in [0.05, 0.1) is 19.5 Å². The van der Waals surface area contributed by atoms with Gasteiger partial charge in [-0.2, -0.15) is 0 Å². The molecule has 0 atom stereocenters. The largest absolute Gasteiger partial charge is 0.497 e. The number of aliphatic hydroxyl groups excluding tert-OH is 1. The van der Waals surface area contributed by atoms with E-state index in [0.717, 1.165) is 11.3 Å². The molecule has 4 nitrogen and oxygen atoms in total. The van der Waals surface area contributed by atoms with E-state index < -0.39 is 0 Å². The summed E-state index contributed by atoms with van der Waals surface area (Å²) < 4.78 is 5.10. The summed E-state index contributed by atoms with van der Waals surface area (Å²) in [5.41, 5.74) is 1.00. The zero-order chi connectivity index (χ0) is 12.5. The number of carbonyl (C=O) groups is 1. The maximum Gasteiger partial charge on any atom is 0.230 e. The lowest BCUT2D eigenvalue weighted by Crippen LogP contribution is -2.24. The summed E-state index contributed by atoms with van der Waals surface area (Å²) in [5, 5.41) is 11.4. The molecule has 0 saturated carbocycles. The fourth-order valence-corrected chi connectivity index (χ4v) is 1.82. The molecule has 2 N–H and O–H groups in total. The Kier molecular flexibility index (Phi) is 6.50. The fraction of sp³-hybridized carbons (Fsp3) is 0.417. The number of hydrogen-bond donors (Lipinski definition) is 2. The second kappa shape index (κ2) is 7.97. The number of aliphatic hydroxyl groups is 1. The van der Waals surface area contributed by atoms with Crippen molar-refractivity contribution in [2.24, 2.45) is 0 Å². The van der Waals surface area contributed by atoms with Crippen LogP contribution in [0.2, 0.25) is 0 Å². The predicted octanol–water partition coefficient (Wildman–Crippen LogP) is 1.04. The van der Waals surface area contributed by atoms with Gasteiger partial charge in [0.2, 0.25) is 5.91 Å². The maximum atomic E-state index is 11.4. The van der Waals surface area contributed by atoms with Crippen LogP contribution in [0.3, 0.4) is 0 Å². The summed E-state index contributed by atoms with van der Waals surface area (Å²) in [6, 6.07) is 7.58. The van der Waals surface area contributed by atoms with Crippen molar-refractivity contribution in [3.05, 3.63) is 29.8 Å². The molecule has 1 aromatic rings. The summed E-state index contributed by atoms with van der Waals surface area (Å²) in [7, 11) is 1.61. The molecular formula is C12H17NO3S. The Morgan fingerprint density at radius 1 is 1.53 bits per heavy atom. The summed E-state index contributed by atoms with van der Waals surface area (Å²) in [6.45, 7) is 0.601. The molecule has 0 unspecified atom stereocenters. The zero-order valence-electron chi connectivity index (χ0n) is 9.81. The van der Waals surface area contributed by atoms with Gasteiger partial charge in [0, 0.05) is 12.3 Å². The summed E-state index contributed by atoms with van der Waals surface area (Å²) in [6.07, 6.45) is 0. The van der Waals surface area contributed by atoms with Crippen LogP contribution < -0.4 is 10.1 Å². The number of amides is 1. The highest BCUT2D eigenvalue weighted by Crippen LogP contribution is 2.12. The van der Waals surface area contributed by atoms with Crippen molar-refractivity contribution in [3.8, 4) is 5.75 Å². The lowest BCUT2D eigenvalue weighted by Gasteiger charge is -2.06. The number of nitrogens with one attached hydrogen (secondary N) is 1. The van der Waals surface area contributed by atoms with Crippen molar-refractivity contribution in [2.45, 2.75) is 6.54 Å². The molecule has 0 aromatic heterocycles. The van der Waals surface area contributed by atoms with E-state index in [0.29, 0.717) is 18.1 Å². The smallest absolute Gasteiger partial charge is 0.230 e. The number of rotatable bonds is 7. The van der Waals surface area contributed by atoms with Crippen LogP contribution in [0.1, 0.15) is 5.56 Å². The SMILES string of the molecule is COc1cccc(CNC(=O)CSCCO)c1. The van der Waals surface area contributed by atoms with Gasteiger partial charge in [0.1, 0.15) is 5.75 Å². The van der Waals surface area contributed by atoms with E-state index in [1.54, 1.807) is 7.11 Å². The van der Waals surface area contributed by atoms with Crippen molar-refractivity contribution in [1.82, 2.24) is 5.32 Å². The summed E-state index contributed by atoms with van der Waals surface area (Å²) in [5.74, 6) is 1.73. The van der Waals surface area contributed by atoms with Crippen LogP contribution in [0.15, 0.2) is 24.3 Å². The molecule has 0 aliphatic heterocycles. The monoisotopic (exact) mass is 255 g/mol. The Labute approximate surface area is 105 Å². The topological polar surface area (TPSA) is 58.6 Å². The Balaban J connectivity index is 2.31. The molecule has 0 heterocycles. The zero-order valence-corrected chi connectivity index (χ0v) is 10.6. The van der Waals surface area contributed by atoms with E-state index in [4.69, 9.17) is 9.84 Å². The molecule has 1 amide bonds. The van der Waals surface area contributed by atoms with Gasteiger partial charge < -0.3 is 15.2 Å². The quantitative estimate of drug-likeness (QED) is 0.715. The lowest BCUT2D eigenvalue weighted by molar-refractivity contribution is -0.118. The molecule has 0 bridgehead atoms. The summed E-state index contributed by atoms with van der Waals surface area (Å²) >= 11 is 1.42. The number of methoxy groups -OCH3 is 1. The van der Waals surface area contributed by atoms with Gasteiger partial charge in [-0.1, -0.05) is 12.1 Å². The number of hydrogen-bond acceptors (Lipinski definition) is 4. The Bertz CT molecular complexity index is 357. The van der Waals surface area contributed by atoms with Crippen LogP contribution in [-0.2, 0) is 11.3 Å². The van der Waals surface area contributed by atoms with E-state index in [1.807, 2.05) is 24.3 Å². The molecule has 17 heavy (non-hydrogen) atoms. The van der Waals surface area contributed by atoms with Gasteiger partial charge in [0.25, 0.3) is 0 Å². The first-order chi connectivity index (χ1) is 8.26. The van der Waals surface area contributed by atoms with Crippen LogP contribution >= 0.6 is 11.8 Å². The van der Waals surface area contributed by atoms with Gasteiger partial charge in [-0.25, -0.2) is 0 Å². The van der Waals surface area contributed by atoms with Gasteiger partial charge in [-0.05, 0) is 17.7 Å². The van der Waals surface area contributed by atoms with E-state index in [1.165, 1.54) is 11.8 Å². The minimum Gasteiger partial charge on any atom is -0.497 e. The van der Waals surface area contributed by atoms with Crippen LogP contribution in [0.5, 0.6) is 5.75 Å². The van der Waals surface area contributed by atoms with E-state index in [9.17, 15) is 4.79 Å². The molecule has 1 aromatic carbocycles. The molecule has 0 spiro atoms. The van der Waals surface area contributed by atoms with Crippen LogP contribution in [0.4, 0.5) is 0 Å². The minimum absolute atomic E-state index is 0.0220. The van der Waals surface area contributed by atoms with Crippen LogP contribution in [0.25, 0.3) is 0 Å². The highest BCUT2D eigenvalue weighted by Gasteiger charge is 2.01. The highest BCUT2D eigenvalue weighted by molar-refractivity contribution is 7.99. The number of benzene rings is 1. The Morgan fingerprint density at radius 3 is 3.06 bits per heavy atom. The number of carbonyl (C=O) groups excluding carboxylic acids is 1. The minimum atomic E-state index is -0.0220. The number of ether oxygens (including phenoxy) is 1. The highest BCUT2D eigenvalue weighted by atomic mass is 32.2. The van der Waals surface area contributed by atoms with Gasteiger partial charge in [0.15, 0.2) is 0 Å². The first-order valence-electron chi connectivity index (χ1n) is 5.34. The lowest BCUT2D eigenvalue weighted by atomic mass is 10.2. The van der Waals surface area contributed by atoms with E-state index in [2.05, 4.69) is 5.32 Å². The second-order valence-corrected chi connectivity index (χ2v) is 4.51. The first-order valence-corrected chi connectivity index (χ1v) is 6.50. The van der Waals surface area contributed by atoms with Crippen molar-refractivity contribution < 1.29 is 14.6 Å². The van der Waals surface area contributed by atoms with Crippen molar-refractivity contribution in [3.63, 3.8) is 0 Å². The summed E-state index contributed by atoms with van der Waals surface area (Å²) in [4.78, 5) is 11.4. The standard InChI is InChI=1S/C12H17NO3S/c1-16-11-4-2-3-10(7-11)8-13-12(15)9-17-6-5-14/h2-4,7,14H,5-6,8-9H2,1H3,(H,13,15). The second-order valence-electron chi connectivity index (χ2n) is 3.40. The fourth-order valence-electron chi connectivity index (χ4n) is 1.26. The van der Waals surface area contributed by atoms with Gasteiger partial charge in [-0.3, -0.25) is 4.79 Å². The maximum absolute atomic E-state index is 11.4. The van der Waals surface area contributed by atoms with Crippen molar-refractivity contribution in [2.75, 3.05) is 25.2 Å². The van der Waals surface area contributed by atoms with Crippen molar-refractivity contribution in [1.29, 1.82) is 0 Å². The molecule has 0 aliphatic rings. The van der Waals surface area contributed by atoms with E-state index in [-0.39, 0.29) is 12.5 Å². The molecule has 0 fully saturated rings. The average molecular weight is 255 g/mol. The van der Waals surface area contributed by atoms with Gasteiger partial charge in [-0.15, -0.1) is 11.8 Å². The molecule has 0 radical (unpaired) electrons. The molecule has 1 rings (SSSR count). The van der Waals surface area contributed by atoms with Gasteiger partial charge >= 0.3 is 0 Å². The Hall–Kier alpha value is -1.20. The van der Waals surface area contributed by atoms with Crippen molar-refractivity contribution >= 4 is 17.7 Å². The Morgan fingerprint density at radius 2 is 2.35 bits per heavy atom.